The Bertz CT molecular complexity index is 765. The van der Waals surface area contributed by atoms with Crippen molar-refractivity contribution >= 4 is 16.9 Å². The van der Waals surface area contributed by atoms with E-state index in [1.165, 1.54) is 19.3 Å². The summed E-state index contributed by atoms with van der Waals surface area (Å²) >= 11 is 0. The van der Waals surface area contributed by atoms with Gasteiger partial charge >= 0.3 is 5.97 Å². The molecule has 0 bridgehead atoms. The molecule has 1 saturated carbocycles. The fraction of sp³-hybridized carbons (Fsp3) is 0.545. The second-order valence-electron chi connectivity index (χ2n) is 7.32. The highest BCUT2D eigenvalue weighted by molar-refractivity contribution is 5.87. The smallest absolute Gasteiger partial charge is 0.337 e. The number of pyridine rings is 1. The number of carboxylic acids is 1. The molecule has 1 aromatic heterocycles. The van der Waals surface area contributed by atoms with E-state index >= 15 is 0 Å². The van der Waals surface area contributed by atoms with Gasteiger partial charge in [0.1, 0.15) is 0 Å². The summed E-state index contributed by atoms with van der Waals surface area (Å²) in [5, 5.41) is 11.0. The molecule has 1 N–H and O–H groups in total. The van der Waals surface area contributed by atoms with E-state index in [2.05, 4.69) is 13.0 Å². The Labute approximate surface area is 155 Å². The minimum atomic E-state index is -0.935. The van der Waals surface area contributed by atoms with Gasteiger partial charge in [-0.2, -0.15) is 0 Å². The molecule has 0 spiro atoms. The molecule has 1 aromatic carbocycles. The summed E-state index contributed by atoms with van der Waals surface area (Å²) < 4.78 is 5.85. The summed E-state index contributed by atoms with van der Waals surface area (Å²) in [6.45, 7) is 4.46. The van der Waals surface area contributed by atoms with Gasteiger partial charge in [0.05, 0.1) is 5.52 Å². The van der Waals surface area contributed by atoms with E-state index in [0.29, 0.717) is 12.5 Å². The molecule has 1 aliphatic rings. The number of aromatic nitrogens is 1. The second-order valence-corrected chi connectivity index (χ2v) is 7.32. The lowest BCUT2D eigenvalue weighted by Gasteiger charge is -2.29. The Hall–Kier alpha value is -1.94. The first kappa shape index (κ1) is 18.8. The van der Waals surface area contributed by atoms with Gasteiger partial charge in [-0.25, -0.2) is 4.79 Å². The number of fused-ring (bicyclic) bond motifs is 1. The summed E-state index contributed by atoms with van der Waals surface area (Å²) in [6, 6.07) is 8.11. The van der Waals surface area contributed by atoms with Crippen LogP contribution in [-0.2, 0) is 9.53 Å². The van der Waals surface area contributed by atoms with Gasteiger partial charge in [0, 0.05) is 23.3 Å². The van der Waals surface area contributed by atoms with E-state index in [-0.39, 0.29) is 0 Å². The van der Waals surface area contributed by atoms with E-state index in [1.807, 2.05) is 25.1 Å². The molecule has 3 rings (SSSR count). The molecular formula is C22H29NO3. The van der Waals surface area contributed by atoms with Crippen LogP contribution < -0.4 is 0 Å². The van der Waals surface area contributed by atoms with Gasteiger partial charge in [-0.1, -0.05) is 50.8 Å². The minimum absolute atomic E-state index is 0.391. The summed E-state index contributed by atoms with van der Waals surface area (Å²) in [4.78, 5) is 16.8. The van der Waals surface area contributed by atoms with Crippen LogP contribution in [0.25, 0.3) is 10.9 Å². The van der Waals surface area contributed by atoms with Crippen LogP contribution >= 0.6 is 0 Å². The molecule has 1 fully saturated rings. The quantitative estimate of drug-likeness (QED) is 0.663. The molecule has 1 heterocycles. The van der Waals surface area contributed by atoms with Crippen molar-refractivity contribution in [1.29, 1.82) is 0 Å². The Morgan fingerprint density at radius 3 is 2.69 bits per heavy atom. The van der Waals surface area contributed by atoms with Crippen molar-refractivity contribution in [2.24, 2.45) is 0 Å². The molecular weight excluding hydrogens is 326 g/mol. The normalized spacial score (nSPS) is 16.7. The average molecular weight is 355 g/mol. The fourth-order valence-electron chi connectivity index (χ4n) is 4.17. The summed E-state index contributed by atoms with van der Waals surface area (Å²) in [5.41, 5.74) is 3.69. The lowest BCUT2D eigenvalue weighted by Crippen LogP contribution is -2.21. The molecule has 0 saturated heterocycles. The zero-order valence-electron chi connectivity index (χ0n) is 15.8. The average Bonchev–Trinajstić information content (AvgIpc) is 2.65. The van der Waals surface area contributed by atoms with E-state index in [9.17, 15) is 9.90 Å². The summed E-state index contributed by atoms with van der Waals surface area (Å²) in [6.07, 6.45) is 6.81. The van der Waals surface area contributed by atoms with Crippen molar-refractivity contribution < 1.29 is 14.6 Å². The molecule has 1 aliphatic carbocycles. The number of aryl methyl sites for hydroxylation is 1. The molecule has 2 aromatic rings. The highest BCUT2D eigenvalue weighted by atomic mass is 16.5. The summed E-state index contributed by atoms with van der Waals surface area (Å²) in [5.74, 6) is -0.527. The van der Waals surface area contributed by atoms with Crippen LogP contribution in [0.15, 0.2) is 24.3 Å². The zero-order valence-corrected chi connectivity index (χ0v) is 15.8. The van der Waals surface area contributed by atoms with Crippen LogP contribution in [0.4, 0.5) is 0 Å². The van der Waals surface area contributed by atoms with Crippen LogP contribution in [0.5, 0.6) is 0 Å². The third kappa shape index (κ3) is 3.90. The van der Waals surface area contributed by atoms with E-state index in [1.54, 1.807) is 0 Å². The first-order valence-corrected chi connectivity index (χ1v) is 9.87. The molecule has 4 heteroatoms. The van der Waals surface area contributed by atoms with E-state index in [0.717, 1.165) is 53.4 Å². The topological polar surface area (TPSA) is 59.4 Å². The minimum Gasteiger partial charge on any atom is -0.479 e. The lowest BCUT2D eigenvalue weighted by atomic mass is 9.79. The fourth-order valence-corrected chi connectivity index (χ4v) is 4.17. The van der Waals surface area contributed by atoms with Crippen molar-refractivity contribution in [2.45, 2.75) is 70.8 Å². The molecule has 1 atom stereocenters. The molecule has 1 unspecified atom stereocenters. The number of para-hydroxylation sites is 1. The number of unbranched alkanes of at least 4 members (excludes halogenated alkanes) is 1. The maximum atomic E-state index is 12.1. The molecule has 0 radical (unpaired) electrons. The standard InChI is InChI=1S/C22H29NO3/c1-3-4-14-26-21(22(24)25)19-15(2)23-18-13-9-8-12-17(18)20(19)16-10-6-5-7-11-16/h8-9,12-13,16,21H,3-7,10-11,14H2,1-2H3,(H,24,25). The first-order chi connectivity index (χ1) is 12.6. The number of nitrogens with zero attached hydrogens (tertiary/aromatic N) is 1. The Kier molecular flexibility index (Phi) is 6.25. The van der Waals surface area contributed by atoms with Crippen molar-refractivity contribution in [1.82, 2.24) is 4.98 Å². The molecule has 0 amide bonds. The molecule has 140 valence electrons. The maximum absolute atomic E-state index is 12.1. The third-order valence-electron chi connectivity index (χ3n) is 5.44. The summed E-state index contributed by atoms with van der Waals surface area (Å²) in [7, 11) is 0. The molecule has 26 heavy (non-hydrogen) atoms. The van der Waals surface area contributed by atoms with Crippen LogP contribution in [0.2, 0.25) is 0 Å². The van der Waals surface area contributed by atoms with Gasteiger partial charge in [-0.3, -0.25) is 4.98 Å². The largest absolute Gasteiger partial charge is 0.479 e. The van der Waals surface area contributed by atoms with Crippen molar-refractivity contribution in [3.63, 3.8) is 0 Å². The number of hydrogen-bond donors (Lipinski definition) is 1. The SMILES string of the molecule is CCCCOC(C(=O)O)c1c(C)nc2ccccc2c1C1CCCCC1. The van der Waals surface area contributed by atoms with Gasteiger partial charge in [0.15, 0.2) is 6.10 Å². The van der Waals surface area contributed by atoms with Crippen LogP contribution in [-0.4, -0.2) is 22.7 Å². The van der Waals surface area contributed by atoms with Gasteiger partial charge in [-0.15, -0.1) is 0 Å². The Balaban J connectivity index is 2.15. The van der Waals surface area contributed by atoms with Gasteiger partial charge in [0.2, 0.25) is 0 Å². The monoisotopic (exact) mass is 355 g/mol. The van der Waals surface area contributed by atoms with Crippen LogP contribution in [0, 0.1) is 6.92 Å². The predicted molar refractivity (Wildman–Crippen MR) is 104 cm³/mol. The lowest BCUT2D eigenvalue weighted by molar-refractivity contribution is -0.151. The third-order valence-corrected chi connectivity index (χ3v) is 5.44. The predicted octanol–water partition coefficient (Wildman–Crippen LogP) is 5.53. The van der Waals surface area contributed by atoms with Gasteiger partial charge < -0.3 is 9.84 Å². The zero-order chi connectivity index (χ0) is 18.5. The van der Waals surface area contributed by atoms with Gasteiger partial charge in [-0.05, 0) is 43.7 Å². The Morgan fingerprint density at radius 2 is 2.00 bits per heavy atom. The van der Waals surface area contributed by atoms with Crippen molar-refractivity contribution in [3.05, 3.63) is 41.1 Å². The van der Waals surface area contributed by atoms with Crippen LogP contribution in [0.3, 0.4) is 0 Å². The van der Waals surface area contributed by atoms with Gasteiger partial charge in [0.25, 0.3) is 0 Å². The second kappa shape index (κ2) is 8.63. The number of aliphatic carboxylic acids is 1. The van der Waals surface area contributed by atoms with E-state index in [4.69, 9.17) is 9.72 Å². The number of rotatable bonds is 7. The number of carbonyl (C=O) groups is 1. The highest BCUT2D eigenvalue weighted by Crippen LogP contribution is 2.41. The maximum Gasteiger partial charge on any atom is 0.337 e. The number of hydrogen-bond acceptors (Lipinski definition) is 3. The number of benzene rings is 1. The molecule has 0 aliphatic heterocycles. The van der Waals surface area contributed by atoms with Crippen molar-refractivity contribution in [2.75, 3.05) is 6.61 Å². The van der Waals surface area contributed by atoms with Crippen molar-refractivity contribution in [3.8, 4) is 0 Å². The highest BCUT2D eigenvalue weighted by Gasteiger charge is 2.31. The number of carboxylic acid groups (broad SMARTS) is 1. The molecule has 4 nitrogen and oxygen atoms in total. The first-order valence-electron chi connectivity index (χ1n) is 9.87. The Morgan fingerprint density at radius 1 is 1.27 bits per heavy atom. The van der Waals surface area contributed by atoms with Crippen LogP contribution in [0.1, 0.15) is 80.7 Å². The van der Waals surface area contributed by atoms with E-state index < -0.39 is 12.1 Å². The number of ether oxygens (including phenoxy) is 1.